The Morgan fingerprint density at radius 1 is 1.35 bits per heavy atom. The second-order valence-electron chi connectivity index (χ2n) is 4.71. The van der Waals surface area contributed by atoms with Crippen LogP contribution in [0.4, 0.5) is 10.5 Å². The topological polar surface area (TPSA) is 44.8 Å². The molecule has 1 saturated heterocycles. The lowest BCUT2D eigenvalue weighted by molar-refractivity contribution is 0.155. The van der Waals surface area contributed by atoms with Gasteiger partial charge in [-0.1, -0.05) is 18.2 Å². The summed E-state index contributed by atoms with van der Waals surface area (Å²) in [7, 11) is 1.60. The van der Waals surface area contributed by atoms with Crippen molar-refractivity contribution in [1.82, 2.24) is 9.80 Å². The number of ether oxygens (including phenoxy) is 1. The molecule has 0 bridgehead atoms. The molecule has 0 saturated carbocycles. The summed E-state index contributed by atoms with van der Waals surface area (Å²) in [6, 6.07) is 7.35. The Balaban J connectivity index is 1.91. The van der Waals surface area contributed by atoms with Gasteiger partial charge in [-0.15, -0.1) is 6.58 Å². The molecule has 2 rings (SSSR count). The van der Waals surface area contributed by atoms with Gasteiger partial charge in [0.2, 0.25) is 0 Å². The number of hydrogen-bond acceptors (Lipinski definition) is 3. The summed E-state index contributed by atoms with van der Waals surface area (Å²) in [6.45, 7) is 7.83. The van der Waals surface area contributed by atoms with Gasteiger partial charge in [0.05, 0.1) is 12.8 Å². The van der Waals surface area contributed by atoms with E-state index in [2.05, 4.69) is 16.8 Å². The number of urea groups is 1. The Morgan fingerprint density at radius 3 is 2.70 bits per heavy atom. The standard InChI is InChI=1S/C15H21N3O2/c1-3-8-17-9-11-18(12-10-17)15(19)16-13-6-4-5-7-14(13)20-2/h3-7H,1,8-12H2,2H3,(H,16,19). The zero-order valence-corrected chi connectivity index (χ0v) is 11.8. The van der Waals surface area contributed by atoms with E-state index in [1.807, 2.05) is 35.2 Å². The number of carbonyl (C=O) groups is 1. The average molecular weight is 275 g/mol. The first-order valence-corrected chi connectivity index (χ1v) is 6.77. The highest BCUT2D eigenvalue weighted by Crippen LogP contribution is 2.23. The number of anilines is 1. The molecule has 108 valence electrons. The highest BCUT2D eigenvalue weighted by Gasteiger charge is 2.20. The van der Waals surface area contributed by atoms with E-state index in [0.717, 1.165) is 32.7 Å². The zero-order chi connectivity index (χ0) is 14.4. The van der Waals surface area contributed by atoms with Crippen LogP contribution in [0.2, 0.25) is 0 Å². The molecule has 1 N–H and O–H groups in total. The van der Waals surface area contributed by atoms with Gasteiger partial charge in [0, 0.05) is 32.7 Å². The lowest BCUT2D eigenvalue weighted by Crippen LogP contribution is -2.49. The molecular formula is C15H21N3O2. The molecule has 20 heavy (non-hydrogen) atoms. The third kappa shape index (κ3) is 3.51. The van der Waals surface area contributed by atoms with Crippen LogP contribution in [0.5, 0.6) is 5.75 Å². The largest absolute Gasteiger partial charge is 0.495 e. The summed E-state index contributed by atoms with van der Waals surface area (Å²) < 4.78 is 5.23. The van der Waals surface area contributed by atoms with E-state index >= 15 is 0 Å². The normalized spacial score (nSPS) is 15.8. The number of piperazine rings is 1. The third-order valence-electron chi connectivity index (χ3n) is 3.40. The van der Waals surface area contributed by atoms with Crippen LogP contribution >= 0.6 is 0 Å². The maximum Gasteiger partial charge on any atom is 0.322 e. The van der Waals surface area contributed by atoms with E-state index in [-0.39, 0.29) is 6.03 Å². The average Bonchev–Trinajstić information content (AvgIpc) is 2.49. The monoisotopic (exact) mass is 275 g/mol. The molecule has 0 unspecified atom stereocenters. The molecule has 0 aliphatic carbocycles. The third-order valence-corrected chi connectivity index (χ3v) is 3.40. The first kappa shape index (κ1) is 14.4. The van der Waals surface area contributed by atoms with Gasteiger partial charge in [-0.25, -0.2) is 4.79 Å². The van der Waals surface area contributed by atoms with Crippen molar-refractivity contribution in [3.05, 3.63) is 36.9 Å². The van der Waals surface area contributed by atoms with Crippen molar-refractivity contribution in [3.8, 4) is 5.75 Å². The number of hydrogen-bond donors (Lipinski definition) is 1. The molecule has 2 amide bonds. The Morgan fingerprint density at radius 2 is 2.05 bits per heavy atom. The maximum absolute atomic E-state index is 12.2. The SMILES string of the molecule is C=CCN1CCN(C(=O)Nc2ccccc2OC)CC1. The summed E-state index contributed by atoms with van der Waals surface area (Å²) in [5, 5.41) is 2.90. The van der Waals surface area contributed by atoms with Crippen molar-refractivity contribution in [1.29, 1.82) is 0 Å². The van der Waals surface area contributed by atoms with Gasteiger partial charge < -0.3 is 15.0 Å². The molecule has 5 heteroatoms. The fourth-order valence-corrected chi connectivity index (χ4v) is 2.26. The van der Waals surface area contributed by atoms with Crippen molar-refractivity contribution in [2.24, 2.45) is 0 Å². The lowest BCUT2D eigenvalue weighted by atomic mass is 10.3. The number of rotatable bonds is 4. The summed E-state index contributed by atoms with van der Waals surface area (Å²) >= 11 is 0. The number of methoxy groups -OCH3 is 1. The predicted molar refractivity (Wildman–Crippen MR) is 80.2 cm³/mol. The minimum atomic E-state index is -0.0762. The minimum Gasteiger partial charge on any atom is -0.495 e. The molecule has 1 heterocycles. The first-order valence-electron chi connectivity index (χ1n) is 6.77. The van der Waals surface area contributed by atoms with E-state index in [1.54, 1.807) is 7.11 Å². The molecule has 1 aromatic rings. The lowest BCUT2D eigenvalue weighted by Gasteiger charge is -2.34. The van der Waals surface area contributed by atoms with Gasteiger partial charge in [-0.05, 0) is 12.1 Å². The van der Waals surface area contributed by atoms with E-state index in [4.69, 9.17) is 4.74 Å². The van der Waals surface area contributed by atoms with Gasteiger partial charge >= 0.3 is 6.03 Å². The summed E-state index contributed by atoms with van der Waals surface area (Å²) in [4.78, 5) is 16.3. The molecule has 1 fully saturated rings. The van der Waals surface area contributed by atoms with Crippen molar-refractivity contribution in [2.75, 3.05) is 45.2 Å². The van der Waals surface area contributed by atoms with Crippen LogP contribution in [0.3, 0.4) is 0 Å². The van der Waals surface area contributed by atoms with E-state index in [9.17, 15) is 4.79 Å². The molecule has 5 nitrogen and oxygen atoms in total. The Kier molecular flexibility index (Phi) is 5.01. The van der Waals surface area contributed by atoms with E-state index < -0.39 is 0 Å². The molecular weight excluding hydrogens is 254 g/mol. The Hall–Kier alpha value is -2.01. The summed E-state index contributed by atoms with van der Waals surface area (Å²) in [5.74, 6) is 0.672. The second kappa shape index (κ2) is 6.96. The molecule has 0 radical (unpaired) electrons. The molecule has 0 aromatic heterocycles. The van der Waals surface area contributed by atoms with E-state index in [0.29, 0.717) is 11.4 Å². The minimum absolute atomic E-state index is 0.0762. The molecule has 1 aliphatic heterocycles. The van der Waals surface area contributed by atoms with Crippen LogP contribution < -0.4 is 10.1 Å². The quantitative estimate of drug-likeness (QED) is 0.855. The highest BCUT2D eigenvalue weighted by molar-refractivity contribution is 5.91. The van der Waals surface area contributed by atoms with Gasteiger partial charge in [-0.2, -0.15) is 0 Å². The van der Waals surface area contributed by atoms with E-state index in [1.165, 1.54) is 0 Å². The van der Waals surface area contributed by atoms with Crippen LogP contribution in [-0.2, 0) is 0 Å². The number of benzene rings is 1. The van der Waals surface area contributed by atoms with Gasteiger partial charge in [0.1, 0.15) is 5.75 Å². The number of carbonyl (C=O) groups excluding carboxylic acids is 1. The Labute approximate surface area is 119 Å². The molecule has 0 atom stereocenters. The number of nitrogens with one attached hydrogen (secondary N) is 1. The van der Waals surface area contributed by atoms with Crippen LogP contribution in [0.15, 0.2) is 36.9 Å². The molecule has 1 aromatic carbocycles. The van der Waals surface area contributed by atoms with Gasteiger partial charge in [-0.3, -0.25) is 4.90 Å². The molecule has 1 aliphatic rings. The van der Waals surface area contributed by atoms with Crippen molar-refractivity contribution >= 4 is 11.7 Å². The van der Waals surface area contributed by atoms with Crippen molar-refractivity contribution in [2.45, 2.75) is 0 Å². The van der Waals surface area contributed by atoms with Crippen molar-refractivity contribution in [3.63, 3.8) is 0 Å². The highest BCUT2D eigenvalue weighted by atomic mass is 16.5. The fraction of sp³-hybridized carbons (Fsp3) is 0.400. The molecule has 0 spiro atoms. The smallest absolute Gasteiger partial charge is 0.322 e. The second-order valence-corrected chi connectivity index (χ2v) is 4.71. The fourth-order valence-electron chi connectivity index (χ4n) is 2.26. The van der Waals surface area contributed by atoms with Crippen molar-refractivity contribution < 1.29 is 9.53 Å². The van der Waals surface area contributed by atoms with Gasteiger partial charge in [0.15, 0.2) is 0 Å². The zero-order valence-electron chi connectivity index (χ0n) is 11.8. The Bertz CT molecular complexity index is 468. The van der Waals surface area contributed by atoms with Crippen LogP contribution in [-0.4, -0.2) is 55.7 Å². The van der Waals surface area contributed by atoms with Gasteiger partial charge in [0.25, 0.3) is 0 Å². The van der Waals surface area contributed by atoms with Crippen LogP contribution in [0.1, 0.15) is 0 Å². The van der Waals surface area contributed by atoms with Crippen LogP contribution in [0.25, 0.3) is 0 Å². The number of nitrogens with zero attached hydrogens (tertiary/aromatic N) is 2. The summed E-state index contributed by atoms with van der Waals surface area (Å²) in [6.07, 6.45) is 1.89. The first-order chi connectivity index (χ1) is 9.74. The predicted octanol–water partition coefficient (Wildman–Crippen LogP) is 2.03. The maximum atomic E-state index is 12.2. The summed E-state index contributed by atoms with van der Waals surface area (Å²) in [5.41, 5.74) is 0.702. The van der Waals surface area contributed by atoms with Crippen LogP contribution in [0, 0.1) is 0 Å². The number of para-hydroxylation sites is 2. The number of amides is 2.